The summed E-state index contributed by atoms with van der Waals surface area (Å²) < 4.78 is 4.72. The van der Waals surface area contributed by atoms with Gasteiger partial charge in [0, 0.05) is 19.7 Å². The van der Waals surface area contributed by atoms with Gasteiger partial charge in [-0.15, -0.1) is 0 Å². The zero-order valence-corrected chi connectivity index (χ0v) is 8.40. The first kappa shape index (κ1) is 11.0. The Morgan fingerprint density at radius 2 is 2.21 bits per heavy atom. The van der Waals surface area contributed by atoms with Crippen molar-refractivity contribution >= 4 is 11.9 Å². The van der Waals surface area contributed by atoms with Gasteiger partial charge in [-0.05, 0) is 13.3 Å². The number of carboxylic acid groups (broad SMARTS) is 1. The van der Waals surface area contributed by atoms with Gasteiger partial charge < -0.3 is 14.7 Å². The molecule has 1 N–H and O–H groups in total. The molecule has 0 radical (unpaired) electrons. The Labute approximate surface area is 82.6 Å². The lowest BCUT2D eigenvalue weighted by Gasteiger charge is -2.22. The Morgan fingerprint density at radius 3 is 2.64 bits per heavy atom. The molecule has 1 aliphatic heterocycles. The number of aliphatic carboxylic acids is 1. The van der Waals surface area contributed by atoms with E-state index in [0.717, 1.165) is 0 Å². The molecule has 80 valence electrons. The van der Waals surface area contributed by atoms with Crippen molar-refractivity contribution < 1.29 is 19.4 Å². The summed E-state index contributed by atoms with van der Waals surface area (Å²) in [5.41, 5.74) is 0. The summed E-state index contributed by atoms with van der Waals surface area (Å²) in [5, 5.41) is 8.84. The normalized spacial score (nSPS) is 26.6. The largest absolute Gasteiger partial charge is 0.481 e. The van der Waals surface area contributed by atoms with Gasteiger partial charge in [0.2, 0.25) is 5.91 Å². The number of hydrogen-bond acceptors (Lipinski definition) is 3. The van der Waals surface area contributed by atoms with Crippen LogP contribution in [0.3, 0.4) is 0 Å². The highest BCUT2D eigenvalue weighted by atomic mass is 16.5. The molecule has 14 heavy (non-hydrogen) atoms. The number of carbonyl (C=O) groups excluding carboxylic acids is 1. The minimum absolute atomic E-state index is 0.0245. The van der Waals surface area contributed by atoms with Crippen LogP contribution in [0.5, 0.6) is 0 Å². The van der Waals surface area contributed by atoms with Crippen molar-refractivity contribution in [2.45, 2.75) is 19.4 Å². The molecule has 0 aliphatic carbocycles. The van der Waals surface area contributed by atoms with Gasteiger partial charge in [0.05, 0.1) is 5.92 Å². The van der Waals surface area contributed by atoms with Crippen LogP contribution in [0.4, 0.5) is 0 Å². The van der Waals surface area contributed by atoms with Crippen LogP contribution >= 0.6 is 0 Å². The monoisotopic (exact) mass is 201 g/mol. The topological polar surface area (TPSA) is 66.8 Å². The molecule has 0 aromatic carbocycles. The summed E-state index contributed by atoms with van der Waals surface area (Å²) in [6.07, 6.45) is 0.534. The second kappa shape index (κ2) is 4.41. The number of methoxy groups -OCH3 is 1. The molecule has 1 rings (SSSR count). The average Bonchev–Trinajstić information content (AvgIpc) is 2.47. The molecular formula is C9H15NO4. The van der Waals surface area contributed by atoms with E-state index in [2.05, 4.69) is 0 Å². The number of hydrogen-bond donors (Lipinski definition) is 1. The Morgan fingerprint density at radius 1 is 1.57 bits per heavy atom. The maximum absolute atomic E-state index is 11.4. The van der Waals surface area contributed by atoms with Crippen molar-refractivity contribution in [2.75, 3.05) is 20.3 Å². The highest BCUT2D eigenvalue weighted by Crippen LogP contribution is 2.24. The van der Waals surface area contributed by atoms with E-state index in [-0.39, 0.29) is 18.6 Å². The highest BCUT2D eigenvalue weighted by molar-refractivity contribution is 5.80. The maximum Gasteiger partial charge on any atom is 0.308 e. The van der Waals surface area contributed by atoms with E-state index in [1.54, 1.807) is 11.8 Å². The van der Waals surface area contributed by atoms with E-state index in [9.17, 15) is 9.59 Å². The van der Waals surface area contributed by atoms with Crippen LogP contribution in [-0.4, -0.2) is 48.2 Å². The molecule has 1 heterocycles. The quantitative estimate of drug-likeness (QED) is 0.695. The van der Waals surface area contributed by atoms with E-state index in [4.69, 9.17) is 9.84 Å². The zero-order valence-electron chi connectivity index (χ0n) is 8.40. The van der Waals surface area contributed by atoms with Crippen LogP contribution in [0.1, 0.15) is 13.3 Å². The Kier molecular flexibility index (Phi) is 3.46. The number of amides is 1. The molecule has 1 saturated heterocycles. The van der Waals surface area contributed by atoms with Crippen molar-refractivity contribution in [2.24, 2.45) is 5.92 Å². The van der Waals surface area contributed by atoms with E-state index < -0.39 is 11.9 Å². The Balaban J connectivity index is 2.59. The first-order valence-corrected chi connectivity index (χ1v) is 4.59. The minimum Gasteiger partial charge on any atom is -0.481 e. The minimum atomic E-state index is -0.829. The first-order valence-electron chi connectivity index (χ1n) is 4.59. The van der Waals surface area contributed by atoms with Gasteiger partial charge in [0.1, 0.15) is 6.61 Å². The fraction of sp³-hybridized carbons (Fsp3) is 0.778. The van der Waals surface area contributed by atoms with Crippen LogP contribution in [-0.2, 0) is 14.3 Å². The van der Waals surface area contributed by atoms with E-state index in [1.807, 2.05) is 0 Å². The molecule has 2 unspecified atom stereocenters. The van der Waals surface area contributed by atoms with Crippen molar-refractivity contribution in [3.63, 3.8) is 0 Å². The van der Waals surface area contributed by atoms with Gasteiger partial charge in [-0.1, -0.05) is 0 Å². The SMILES string of the molecule is COCC(=O)N1CCC(C(=O)O)C1C. The molecule has 0 bridgehead atoms. The predicted molar refractivity (Wildman–Crippen MR) is 48.8 cm³/mol. The van der Waals surface area contributed by atoms with Gasteiger partial charge in [0.15, 0.2) is 0 Å². The Bertz CT molecular complexity index is 241. The van der Waals surface area contributed by atoms with Crippen molar-refractivity contribution in [3.05, 3.63) is 0 Å². The third-order valence-corrected chi connectivity index (χ3v) is 2.66. The number of likely N-dealkylation sites (tertiary alicyclic amines) is 1. The summed E-state index contributed by atoms with van der Waals surface area (Å²) in [5.74, 6) is -1.40. The van der Waals surface area contributed by atoms with Gasteiger partial charge in [-0.3, -0.25) is 9.59 Å². The maximum atomic E-state index is 11.4. The molecular weight excluding hydrogens is 186 g/mol. The second-order valence-electron chi connectivity index (χ2n) is 3.49. The summed E-state index contributed by atoms with van der Waals surface area (Å²) in [6, 6.07) is -0.227. The molecule has 0 saturated carbocycles. The molecule has 0 aromatic heterocycles. The van der Waals surface area contributed by atoms with Gasteiger partial charge >= 0.3 is 5.97 Å². The third-order valence-electron chi connectivity index (χ3n) is 2.66. The van der Waals surface area contributed by atoms with Crippen LogP contribution in [0, 0.1) is 5.92 Å². The van der Waals surface area contributed by atoms with Crippen molar-refractivity contribution in [1.29, 1.82) is 0 Å². The van der Waals surface area contributed by atoms with Gasteiger partial charge in [0.25, 0.3) is 0 Å². The number of carbonyl (C=O) groups is 2. The fourth-order valence-corrected chi connectivity index (χ4v) is 1.83. The molecule has 5 nitrogen and oxygen atoms in total. The lowest BCUT2D eigenvalue weighted by atomic mass is 10.0. The molecule has 1 fully saturated rings. The van der Waals surface area contributed by atoms with Gasteiger partial charge in [-0.2, -0.15) is 0 Å². The van der Waals surface area contributed by atoms with Crippen LogP contribution in [0.15, 0.2) is 0 Å². The molecule has 1 amide bonds. The molecule has 5 heteroatoms. The zero-order chi connectivity index (χ0) is 10.7. The molecule has 2 atom stereocenters. The lowest BCUT2D eigenvalue weighted by molar-refractivity contribution is -0.143. The number of ether oxygens (including phenoxy) is 1. The standard InChI is InChI=1S/C9H15NO4/c1-6-7(9(12)13)3-4-10(6)8(11)5-14-2/h6-7H,3-5H2,1-2H3,(H,12,13). The molecule has 0 aromatic rings. The van der Waals surface area contributed by atoms with Crippen LogP contribution in [0.25, 0.3) is 0 Å². The van der Waals surface area contributed by atoms with Crippen LogP contribution < -0.4 is 0 Å². The summed E-state index contributed by atoms with van der Waals surface area (Å²) in [4.78, 5) is 23.8. The summed E-state index contributed by atoms with van der Waals surface area (Å²) >= 11 is 0. The van der Waals surface area contributed by atoms with E-state index in [1.165, 1.54) is 7.11 Å². The van der Waals surface area contributed by atoms with E-state index in [0.29, 0.717) is 13.0 Å². The first-order chi connectivity index (χ1) is 6.57. The number of nitrogens with zero attached hydrogens (tertiary/aromatic N) is 1. The number of carboxylic acids is 1. The third kappa shape index (κ3) is 2.04. The Hall–Kier alpha value is -1.10. The number of rotatable bonds is 3. The summed E-state index contributed by atoms with van der Waals surface area (Å²) in [6.45, 7) is 2.30. The van der Waals surface area contributed by atoms with Crippen molar-refractivity contribution in [1.82, 2.24) is 4.90 Å². The lowest BCUT2D eigenvalue weighted by Crippen LogP contribution is -2.39. The average molecular weight is 201 g/mol. The highest BCUT2D eigenvalue weighted by Gasteiger charge is 2.37. The smallest absolute Gasteiger partial charge is 0.308 e. The predicted octanol–water partition coefficient (Wildman–Crippen LogP) is -0.0456. The summed E-state index contributed by atoms with van der Waals surface area (Å²) in [7, 11) is 1.45. The van der Waals surface area contributed by atoms with Crippen LogP contribution in [0.2, 0.25) is 0 Å². The van der Waals surface area contributed by atoms with Crippen molar-refractivity contribution in [3.8, 4) is 0 Å². The molecule has 1 aliphatic rings. The van der Waals surface area contributed by atoms with Gasteiger partial charge in [-0.25, -0.2) is 0 Å². The van der Waals surface area contributed by atoms with E-state index >= 15 is 0 Å². The second-order valence-corrected chi connectivity index (χ2v) is 3.49. The molecule has 0 spiro atoms. The fourth-order valence-electron chi connectivity index (χ4n) is 1.83.